The van der Waals surface area contributed by atoms with E-state index in [2.05, 4.69) is 0 Å². The van der Waals surface area contributed by atoms with E-state index in [1.54, 1.807) is 0 Å². The number of rotatable bonds is 1. The molecular weight excluding hydrogens is 171 g/mol. The van der Waals surface area contributed by atoms with Gasteiger partial charge in [0, 0.05) is 0 Å². The van der Waals surface area contributed by atoms with E-state index in [1.165, 1.54) is 0 Å². The molecule has 2 heterocycles. The number of ether oxygens (including phenoxy) is 1. The number of hydrogen-bond donors (Lipinski definition) is 1. The second-order valence-corrected chi connectivity index (χ2v) is 5.04. The molecule has 0 aromatic carbocycles. The van der Waals surface area contributed by atoms with E-state index >= 15 is 0 Å². The monoisotopic (exact) mass is 180 g/mol. The van der Waals surface area contributed by atoms with Crippen LogP contribution in [-0.2, 0) is 4.74 Å². The van der Waals surface area contributed by atoms with Crippen molar-refractivity contribution in [3.63, 3.8) is 0 Å². The Kier molecular flexibility index (Phi) is 1.12. The predicted molar refractivity (Wildman–Crippen MR) is 29.9 cm³/mol. The standard InChI is InChI=1S/C5H8O2Se/c6-2-3-1-4-5(7-3)8-4/h3-6H,1-2H2/t3-,4+,5+/m0/s1. The first-order valence-electron chi connectivity index (χ1n) is 2.82. The fourth-order valence-electron chi connectivity index (χ4n) is 1.04. The van der Waals surface area contributed by atoms with Gasteiger partial charge in [0.2, 0.25) is 0 Å². The molecule has 0 radical (unpaired) electrons. The molecule has 2 rings (SSSR count). The minimum atomic E-state index is 0.195. The van der Waals surface area contributed by atoms with Crippen molar-refractivity contribution in [2.45, 2.75) is 22.3 Å². The molecule has 2 aliphatic heterocycles. The maximum atomic E-state index is 8.59. The van der Waals surface area contributed by atoms with Gasteiger partial charge in [-0.05, 0) is 0 Å². The molecular formula is C5H8O2Se. The fraction of sp³-hybridized carbons (Fsp3) is 1.00. The molecule has 1 N–H and O–H groups in total. The topological polar surface area (TPSA) is 29.5 Å². The molecule has 0 aromatic heterocycles. The van der Waals surface area contributed by atoms with Gasteiger partial charge in [0.25, 0.3) is 0 Å². The third kappa shape index (κ3) is 0.705. The Bertz CT molecular complexity index is 96.6. The summed E-state index contributed by atoms with van der Waals surface area (Å²) in [5, 5.41) is 9.18. The van der Waals surface area contributed by atoms with Gasteiger partial charge >= 0.3 is 53.8 Å². The first-order valence-corrected chi connectivity index (χ1v) is 4.80. The summed E-state index contributed by atoms with van der Waals surface area (Å²) < 4.78 is 5.36. The van der Waals surface area contributed by atoms with Gasteiger partial charge in [0.15, 0.2) is 0 Å². The zero-order chi connectivity index (χ0) is 5.56. The molecule has 0 spiro atoms. The third-order valence-corrected chi connectivity index (χ3v) is 4.04. The Morgan fingerprint density at radius 3 is 3.00 bits per heavy atom. The molecule has 0 amide bonds. The molecule has 0 aliphatic carbocycles. The second-order valence-electron chi connectivity index (χ2n) is 2.22. The molecule has 0 bridgehead atoms. The molecule has 3 atom stereocenters. The zero-order valence-electron chi connectivity index (χ0n) is 4.41. The van der Waals surface area contributed by atoms with Gasteiger partial charge in [-0.3, -0.25) is 0 Å². The number of hydrogen-bond acceptors (Lipinski definition) is 2. The summed E-state index contributed by atoms with van der Waals surface area (Å²) in [5.41, 5.74) is 0. The molecule has 2 fully saturated rings. The van der Waals surface area contributed by atoms with Gasteiger partial charge in [-0.2, -0.15) is 0 Å². The van der Waals surface area contributed by atoms with Crippen LogP contribution in [0.3, 0.4) is 0 Å². The summed E-state index contributed by atoms with van der Waals surface area (Å²) in [6.45, 7) is 0.225. The van der Waals surface area contributed by atoms with E-state index in [4.69, 9.17) is 9.84 Å². The van der Waals surface area contributed by atoms with Crippen LogP contribution in [0, 0.1) is 0 Å². The van der Waals surface area contributed by atoms with E-state index in [1.807, 2.05) is 0 Å². The van der Waals surface area contributed by atoms with E-state index in [9.17, 15) is 0 Å². The number of aliphatic hydroxyl groups is 1. The molecule has 2 saturated heterocycles. The van der Waals surface area contributed by atoms with Gasteiger partial charge in [-0.25, -0.2) is 0 Å². The van der Waals surface area contributed by atoms with Crippen LogP contribution in [0.5, 0.6) is 0 Å². The van der Waals surface area contributed by atoms with E-state index in [-0.39, 0.29) is 12.7 Å². The third-order valence-electron chi connectivity index (χ3n) is 1.56. The molecule has 0 saturated carbocycles. The number of aliphatic hydroxyl groups excluding tert-OH is 1. The summed E-state index contributed by atoms with van der Waals surface area (Å²) in [6.07, 6.45) is 1.32. The normalized spacial score (nSPS) is 51.4. The van der Waals surface area contributed by atoms with E-state index < -0.39 is 0 Å². The van der Waals surface area contributed by atoms with E-state index in [0.29, 0.717) is 5.00 Å². The Hall–Kier alpha value is 0.439. The SMILES string of the molecule is OC[C@@H]1C[C@H]2[Se][C@H]2O1. The van der Waals surface area contributed by atoms with Gasteiger partial charge in [0.05, 0.1) is 0 Å². The molecule has 2 aliphatic rings. The average Bonchev–Trinajstić information content (AvgIpc) is 2.40. The molecule has 2 nitrogen and oxygen atoms in total. The predicted octanol–water partition coefficient (Wildman–Crippen LogP) is -0.400. The van der Waals surface area contributed by atoms with Crippen LogP contribution in [-0.4, -0.2) is 37.8 Å². The van der Waals surface area contributed by atoms with Crippen LogP contribution >= 0.6 is 0 Å². The van der Waals surface area contributed by atoms with Gasteiger partial charge in [-0.15, -0.1) is 0 Å². The van der Waals surface area contributed by atoms with Crippen molar-refractivity contribution >= 4 is 15.0 Å². The van der Waals surface area contributed by atoms with Crippen molar-refractivity contribution in [3.05, 3.63) is 0 Å². The van der Waals surface area contributed by atoms with Crippen molar-refractivity contribution in [3.8, 4) is 0 Å². The minimum absolute atomic E-state index is 0.195. The van der Waals surface area contributed by atoms with Crippen LogP contribution in [0.25, 0.3) is 0 Å². The van der Waals surface area contributed by atoms with Crippen LogP contribution in [0.15, 0.2) is 0 Å². The van der Waals surface area contributed by atoms with Crippen molar-refractivity contribution < 1.29 is 9.84 Å². The molecule has 8 heavy (non-hydrogen) atoms. The zero-order valence-corrected chi connectivity index (χ0v) is 6.12. The van der Waals surface area contributed by atoms with Crippen LogP contribution in [0.2, 0.25) is 4.82 Å². The van der Waals surface area contributed by atoms with Crippen molar-refractivity contribution in [2.75, 3.05) is 6.61 Å². The summed E-state index contributed by atoms with van der Waals surface area (Å²) in [4.78, 5) is 0.875. The molecule has 0 unspecified atom stereocenters. The fourth-order valence-corrected chi connectivity index (χ4v) is 3.08. The second kappa shape index (κ2) is 1.71. The van der Waals surface area contributed by atoms with Crippen molar-refractivity contribution in [1.29, 1.82) is 0 Å². The van der Waals surface area contributed by atoms with Crippen molar-refractivity contribution in [1.82, 2.24) is 0 Å². The summed E-state index contributed by atoms with van der Waals surface area (Å²) in [6, 6.07) is 0. The van der Waals surface area contributed by atoms with Gasteiger partial charge < -0.3 is 0 Å². The average molecular weight is 179 g/mol. The summed E-state index contributed by atoms with van der Waals surface area (Å²) >= 11 is 0.783. The first kappa shape index (κ1) is 5.24. The maximum absolute atomic E-state index is 8.59. The Balaban J connectivity index is 1.89. The summed E-state index contributed by atoms with van der Waals surface area (Å²) in [7, 11) is 0. The Morgan fingerprint density at radius 1 is 1.75 bits per heavy atom. The van der Waals surface area contributed by atoms with Gasteiger partial charge in [-0.1, -0.05) is 0 Å². The summed E-state index contributed by atoms with van der Waals surface area (Å²) in [5.74, 6) is 0. The Morgan fingerprint density at radius 2 is 2.62 bits per heavy atom. The number of fused-ring (bicyclic) bond motifs is 1. The molecule has 46 valence electrons. The van der Waals surface area contributed by atoms with Crippen LogP contribution < -0.4 is 0 Å². The van der Waals surface area contributed by atoms with Crippen LogP contribution in [0.4, 0.5) is 0 Å². The van der Waals surface area contributed by atoms with Crippen molar-refractivity contribution in [2.24, 2.45) is 0 Å². The first-order chi connectivity index (χ1) is 3.90. The molecule has 3 heteroatoms. The van der Waals surface area contributed by atoms with Gasteiger partial charge in [0.1, 0.15) is 0 Å². The molecule has 0 aromatic rings. The Labute approximate surface area is 54.4 Å². The van der Waals surface area contributed by atoms with Crippen LogP contribution in [0.1, 0.15) is 6.42 Å². The quantitative estimate of drug-likeness (QED) is 0.555. The van der Waals surface area contributed by atoms with E-state index in [0.717, 1.165) is 26.2 Å².